The van der Waals surface area contributed by atoms with Crippen LogP contribution in [0.25, 0.3) is 5.57 Å². The number of halogens is 3. The average molecular weight is 1020 g/mol. The Morgan fingerprint density at radius 2 is 1.45 bits per heavy atom. The third kappa shape index (κ3) is 15.9. The maximum atomic E-state index is 15.3. The number of pyridine rings is 1. The van der Waals surface area contributed by atoms with E-state index in [2.05, 4.69) is 14.7 Å². The van der Waals surface area contributed by atoms with Crippen molar-refractivity contribution in [2.45, 2.75) is 70.1 Å². The second-order valence-corrected chi connectivity index (χ2v) is 16.6. The van der Waals surface area contributed by atoms with E-state index in [4.69, 9.17) is 49.5 Å². The first-order valence-electron chi connectivity index (χ1n) is 22.8. The molecule has 3 heterocycles. The van der Waals surface area contributed by atoms with Crippen molar-refractivity contribution >= 4 is 35.3 Å². The van der Waals surface area contributed by atoms with Gasteiger partial charge in [-0.25, -0.2) is 23.4 Å². The summed E-state index contributed by atoms with van der Waals surface area (Å²) in [7, 11) is 0. The molecule has 2 bridgehead atoms. The van der Waals surface area contributed by atoms with Crippen molar-refractivity contribution in [1.82, 2.24) is 14.8 Å². The highest BCUT2D eigenvalue weighted by Gasteiger charge is 2.48. The second kappa shape index (κ2) is 27.1. The highest BCUT2D eigenvalue weighted by atomic mass is 35.5. The molecule has 1 saturated carbocycles. The molecule has 2 unspecified atom stereocenters. The fourth-order valence-electron chi connectivity index (χ4n) is 7.82. The Hall–Kier alpha value is -6.63. The molecule has 71 heavy (non-hydrogen) atoms. The van der Waals surface area contributed by atoms with Crippen molar-refractivity contribution in [3.8, 4) is 11.6 Å². The number of benzene rings is 2. The topological polar surface area (TPSA) is 249 Å². The Kier molecular flexibility index (Phi) is 20.5. The zero-order valence-corrected chi connectivity index (χ0v) is 39.6. The molecule has 3 aliphatic rings. The monoisotopic (exact) mass is 1020 g/mol. The van der Waals surface area contributed by atoms with E-state index < -0.39 is 51.2 Å². The van der Waals surface area contributed by atoms with Crippen molar-refractivity contribution in [2.24, 2.45) is 0 Å². The van der Waals surface area contributed by atoms with Crippen LogP contribution in [0.3, 0.4) is 0 Å². The minimum atomic E-state index is -0.936. The number of morpholine rings is 1. The van der Waals surface area contributed by atoms with Gasteiger partial charge < -0.3 is 52.5 Å². The van der Waals surface area contributed by atoms with Gasteiger partial charge in [0.15, 0.2) is 11.6 Å². The van der Waals surface area contributed by atoms with Crippen LogP contribution in [0.15, 0.2) is 54.2 Å². The summed E-state index contributed by atoms with van der Waals surface area (Å²) in [5.41, 5.74) is 4.29. The van der Waals surface area contributed by atoms with Gasteiger partial charge in [-0.15, -0.1) is 20.2 Å². The van der Waals surface area contributed by atoms with Crippen LogP contribution in [-0.4, -0.2) is 147 Å². The van der Waals surface area contributed by atoms with Gasteiger partial charge in [-0.05, 0) is 79.5 Å². The minimum absolute atomic E-state index is 0.00505. The van der Waals surface area contributed by atoms with Crippen LogP contribution in [0, 0.1) is 38.8 Å². The normalized spacial score (nSPS) is 16.2. The summed E-state index contributed by atoms with van der Waals surface area (Å²) >= 11 is 5.91. The van der Waals surface area contributed by atoms with Gasteiger partial charge in [0.1, 0.15) is 37.3 Å². The van der Waals surface area contributed by atoms with E-state index in [1.54, 1.807) is 22.1 Å². The SMILES string of the molecule is Cc1c(CN(C(=O)C2=C(c3ccc(CCCOc4c(F)ccc(F)c4Cl)cc3)CC3COCC2N3C(=O)OCCOCCO[N+](=O)[O-])C2CC2)ccnc1OCCCOC(=O)OCCOCCO[N+](=O)[O-]. The Morgan fingerprint density at radius 3 is 2.14 bits per heavy atom. The first-order chi connectivity index (χ1) is 34.3. The Morgan fingerprint density at radius 1 is 0.803 bits per heavy atom. The van der Waals surface area contributed by atoms with E-state index >= 15 is 4.79 Å². The molecular formula is C46H54ClF2N5O17. The maximum Gasteiger partial charge on any atom is 0.508 e. The van der Waals surface area contributed by atoms with Gasteiger partial charge in [0.25, 0.3) is 16.1 Å². The number of nitrogens with zero attached hydrogens (tertiary/aromatic N) is 5. The summed E-state index contributed by atoms with van der Waals surface area (Å²) < 4.78 is 71.6. The molecule has 25 heteroatoms. The fourth-order valence-corrected chi connectivity index (χ4v) is 8.03. The van der Waals surface area contributed by atoms with E-state index in [-0.39, 0.29) is 117 Å². The van der Waals surface area contributed by atoms with Gasteiger partial charge >= 0.3 is 12.2 Å². The summed E-state index contributed by atoms with van der Waals surface area (Å²) in [6.07, 6.45) is 3.07. The van der Waals surface area contributed by atoms with Crippen LogP contribution in [0.5, 0.6) is 11.6 Å². The lowest BCUT2D eigenvalue weighted by Crippen LogP contribution is -2.60. The number of fused-ring (bicyclic) bond motifs is 2. The quantitative estimate of drug-likeness (QED) is 0.0245. The Bertz CT molecular complexity index is 2340. The molecule has 1 aliphatic carbocycles. The Labute approximate surface area is 411 Å². The number of aryl methyl sites for hydroxylation is 1. The van der Waals surface area contributed by atoms with Crippen LogP contribution in [-0.2, 0) is 55.9 Å². The number of carbonyl (C=O) groups excluding carboxylic acids is 3. The van der Waals surface area contributed by atoms with Crippen LogP contribution < -0.4 is 9.47 Å². The van der Waals surface area contributed by atoms with Crippen LogP contribution in [0.4, 0.5) is 18.4 Å². The van der Waals surface area contributed by atoms with Gasteiger partial charge in [-0.3, -0.25) is 9.69 Å². The molecule has 1 saturated heterocycles. The molecule has 2 atom stereocenters. The van der Waals surface area contributed by atoms with Crippen LogP contribution in [0.1, 0.15) is 54.4 Å². The Balaban J connectivity index is 1.13. The van der Waals surface area contributed by atoms with E-state index in [1.165, 1.54) is 0 Å². The molecule has 0 N–H and O–H groups in total. The molecule has 1 aromatic heterocycles. The lowest BCUT2D eigenvalue weighted by Gasteiger charge is -2.47. The summed E-state index contributed by atoms with van der Waals surface area (Å²) in [6.45, 7) is 1.41. The molecule has 2 aliphatic heterocycles. The number of aromatic nitrogens is 1. The number of amides is 2. The first-order valence-corrected chi connectivity index (χ1v) is 23.2. The van der Waals surface area contributed by atoms with Crippen molar-refractivity contribution in [3.63, 3.8) is 0 Å². The largest absolute Gasteiger partial charge is 0.508 e. The zero-order chi connectivity index (χ0) is 50.7. The number of hydrogen-bond donors (Lipinski definition) is 0. The second-order valence-electron chi connectivity index (χ2n) is 16.2. The van der Waals surface area contributed by atoms with E-state index in [9.17, 15) is 38.6 Å². The molecule has 2 amide bonds. The summed E-state index contributed by atoms with van der Waals surface area (Å²) in [5, 5.41) is 18.3. The predicted octanol–water partition coefficient (Wildman–Crippen LogP) is 6.26. The molecule has 2 aromatic carbocycles. The molecule has 3 aromatic rings. The number of hydrogen-bond acceptors (Lipinski definition) is 18. The lowest BCUT2D eigenvalue weighted by molar-refractivity contribution is -0.758. The van der Waals surface area contributed by atoms with E-state index in [1.807, 2.05) is 31.2 Å². The van der Waals surface area contributed by atoms with Gasteiger partial charge in [-0.1, -0.05) is 35.9 Å². The molecule has 22 nitrogen and oxygen atoms in total. The van der Waals surface area contributed by atoms with Gasteiger partial charge in [-0.2, -0.15) is 0 Å². The molecule has 2 fully saturated rings. The summed E-state index contributed by atoms with van der Waals surface area (Å²) in [5.74, 6) is -1.86. The van der Waals surface area contributed by atoms with Crippen molar-refractivity contribution in [2.75, 3.05) is 85.9 Å². The average Bonchev–Trinajstić information content (AvgIpc) is 4.19. The highest BCUT2D eigenvalue weighted by Crippen LogP contribution is 2.41. The summed E-state index contributed by atoms with van der Waals surface area (Å²) in [6, 6.07) is 9.94. The lowest BCUT2D eigenvalue weighted by atomic mass is 9.82. The first kappa shape index (κ1) is 53.7. The summed E-state index contributed by atoms with van der Waals surface area (Å²) in [4.78, 5) is 77.8. The molecule has 386 valence electrons. The number of ether oxygens (including phenoxy) is 8. The van der Waals surface area contributed by atoms with Gasteiger partial charge in [0.05, 0.1) is 71.5 Å². The van der Waals surface area contributed by atoms with Crippen molar-refractivity contribution < 1.29 is 80.9 Å². The van der Waals surface area contributed by atoms with Crippen LogP contribution >= 0.6 is 11.6 Å². The standard InChI is InChI=1S/C46H54ClF2N5O17/c1-30-33(13-14-50-43(30)66-16-3-17-68-46(57)69-23-19-63-21-25-71-54(60)61)27-51(34-9-10-34)44(55)40-36(26-35-28-64-29-39(40)52(35)45(56)67-22-18-62-20-24-70-53(58)59)32-7-5-31(6-8-32)4-2-15-65-42-38(49)12-11-37(48)41(42)47/h5-8,11-14,34-35,39H,2-4,9-10,15-29H2,1H3. The fraction of sp³-hybridized carbons (Fsp3) is 0.522. The van der Waals surface area contributed by atoms with E-state index in [0.717, 1.165) is 47.2 Å². The molecular weight excluding hydrogens is 968 g/mol. The van der Waals surface area contributed by atoms with Crippen molar-refractivity contribution in [1.29, 1.82) is 0 Å². The number of carbonyl (C=O) groups is 3. The molecule has 6 rings (SSSR count). The number of rotatable bonds is 29. The zero-order valence-electron chi connectivity index (χ0n) is 38.8. The maximum absolute atomic E-state index is 15.3. The third-order valence-electron chi connectivity index (χ3n) is 11.4. The smallest absolute Gasteiger partial charge is 0.489 e. The van der Waals surface area contributed by atoms with Crippen LogP contribution in [0.2, 0.25) is 5.02 Å². The third-order valence-corrected chi connectivity index (χ3v) is 11.7. The minimum Gasteiger partial charge on any atom is -0.489 e. The van der Waals surface area contributed by atoms with E-state index in [0.29, 0.717) is 36.3 Å². The van der Waals surface area contributed by atoms with Gasteiger partial charge in [0.2, 0.25) is 5.88 Å². The predicted molar refractivity (Wildman–Crippen MR) is 242 cm³/mol. The van der Waals surface area contributed by atoms with Crippen molar-refractivity contribution in [3.05, 3.63) is 113 Å². The van der Waals surface area contributed by atoms with Gasteiger partial charge in [0, 0.05) is 36.3 Å². The molecule has 0 spiro atoms. The highest BCUT2D eigenvalue weighted by molar-refractivity contribution is 6.32. The molecule has 0 radical (unpaired) electrons.